The molecule has 0 radical (unpaired) electrons. The van der Waals surface area contributed by atoms with Gasteiger partial charge in [-0.3, -0.25) is 9.59 Å². The second kappa shape index (κ2) is 18.4. The van der Waals surface area contributed by atoms with E-state index in [4.69, 9.17) is 10.2 Å². The van der Waals surface area contributed by atoms with E-state index in [1.54, 1.807) is 0 Å². The van der Waals surface area contributed by atoms with E-state index in [0.717, 1.165) is 25.2 Å². The second-order valence-corrected chi connectivity index (χ2v) is 8.57. The maximum Gasteiger partial charge on any atom is 0.326 e. The van der Waals surface area contributed by atoms with Crippen molar-refractivity contribution in [3.63, 3.8) is 0 Å². The Kier molecular flexibility index (Phi) is 17.4. The van der Waals surface area contributed by atoms with Gasteiger partial charge in [0.25, 0.3) is 0 Å². The topological polar surface area (TPSA) is 104 Å². The van der Waals surface area contributed by atoms with Crippen molar-refractivity contribution in [2.24, 2.45) is 5.92 Å². The number of amides is 1. The van der Waals surface area contributed by atoms with Crippen LogP contribution in [0.1, 0.15) is 117 Å². The highest BCUT2D eigenvalue weighted by Gasteiger charge is 2.20. The van der Waals surface area contributed by atoms with E-state index in [0.29, 0.717) is 6.42 Å². The molecule has 1 atom stereocenters. The third kappa shape index (κ3) is 19.5. The van der Waals surface area contributed by atoms with E-state index in [9.17, 15) is 14.4 Å². The van der Waals surface area contributed by atoms with E-state index in [1.165, 1.54) is 64.2 Å². The first-order valence-corrected chi connectivity index (χ1v) is 11.6. The van der Waals surface area contributed by atoms with Gasteiger partial charge in [-0.05, 0) is 18.8 Å². The maximum atomic E-state index is 11.8. The predicted octanol–water partition coefficient (Wildman–Crippen LogP) is 5.54. The Morgan fingerprint density at radius 1 is 0.655 bits per heavy atom. The van der Waals surface area contributed by atoms with Gasteiger partial charge in [0.1, 0.15) is 6.04 Å². The van der Waals surface area contributed by atoms with E-state index in [-0.39, 0.29) is 18.7 Å². The van der Waals surface area contributed by atoms with E-state index >= 15 is 0 Å². The van der Waals surface area contributed by atoms with Gasteiger partial charge in [-0.15, -0.1) is 0 Å². The van der Waals surface area contributed by atoms with Crippen molar-refractivity contribution in [3.8, 4) is 0 Å². The summed E-state index contributed by atoms with van der Waals surface area (Å²) in [5.74, 6) is -1.73. The molecule has 0 aliphatic carbocycles. The molecule has 0 aromatic rings. The van der Waals surface area contributed by atoms with Crippen molar-refractivity contribution in [2.45, 2.75) is 123 Å². The van der Waals surface area contributed by atoms with E-state index < -0.39 is 18.0 Å². The van der Waals surface area contributed by atoms with Crippen molar-refractivity contribution in [3.05, 3.63) is 0 Å². The molecule has 0 saturated heterocycles. The molecule has 0 aromatic carbocycles. The lowest BCUT2D eigenvalue weighted by Crippen LogP contribution is -2.41. The van der Waals surface area contributed by atoms with Crippen LogP contribution in [-0.2, 0) is 14.4 Å². The lowest BCUT2D eigenvalue weighted by Gasteiger charge is -2.13. The van der Waals surface area contributed by atoms with Gasteiger partial charge >= 0.3 is 11.9 Å². The largest absolute Gasteiger partial charge is 0.481 e. The van der Waals surface area contributed by atoms with Gasteiger partial charge in [0.15, 0.2) is 0 Å². The quantitative estimate of drug-likeness (QED) is 0.227. The number of carboxylic acid groups (broad SMARTS) is 2. The van der Waals surface area contributed by atoms with Crippen molar-refractivity contribution in [2.75, 3.05) is 0 Å². The minimum atomic E-state index is -1.19. The maximum absolute atomic E-state index is 11.8. The molecule has 3 N–H and O–H groups in total. The summed E-state index contributed by atoms with van der Waals surface area (Å²) in [6, 6.07) is -1.12. The summed E-state index contributed by atoms with van der Waals surface area (Å²) in [5, 5.41) is 20.1. The number of nitrogens with one attached hydrogen (secondary N) is 1. The highest BCUT2D eigenvalue weighted by molar-refractivity contribution is 5.83. The van der Waals surface area contributed by atoms with Gasteiger partial charge in [-0.2, -0.15) is 0 Å². The zero-order valence-electron chi connectivity index (χ0n) is 18.6. The van der Waals surface area contributed by atoms with Gasteiger partial charge in [0, 0.05) is 12.8 Å². The molecule has 6 nitrogen and oxygen atoms in total. The molecule has 0 unspecified atom stereocenters. The van der Waals surface area contributed by atoms with Crippen molar-refractivity contribution < 1.29 is 24.6 Å². The van der Waals surface area contributed by atoms with E-state index in [1.807, 2.05) is 0 Å². The molecule has 6 heteroatoms. The average molecular weight is 414 g/mol. The van der Waals surface area contributed by atoms with Gasteiger partial charge in [-0.1, -0.05) is 90.9 Å². The molecule has 0 spiro atoms. The Hall–Kier alpha value is -1.59. The zero-order valence-corrected chi connectivity index (χ0v) is 18.6. The van der Waals surface area contributed by atoms with Crippen molar-refractivity contribution >= 4 is 17.8 Å². The Labute approximate surface area is 176 Å². The number of hydrogen-bond donors (Lipinski definition) is 3. The molecule has 0 aliphatic heterocycles. The predicted molar refractivity (Wildman–Crippen MR) is 116 cm³/mol. The van der Waals surface area contributed by atoms with Crippen LogP contribution in [0.3, 0.4) is 0 Å². The number of hydrogen-bond acceptors (Lipinski definition) is 3. The standard InChI is InChI=1S/C23H43NO5/c1-19(2)15-13-11-9-7-5-3-4-6-8-10-12-14-16-21(25)24-20(23(28)29)17-18-22(26)27/h19-20H,3-18H2,1-2H3,(H,24,25)(H,26,27)(H,28,29)/t20-/m0/s1. The molecule has 1 amide bonds. The highest BCUT2D eigenvalue weighted by Crippen LogP contribution is 2.14. The first-order valence-electron chi connectivity index (χ1n) is 11.6. The summed E-state index contributed by atoms with van der Waals surface area (Å²) in [5.41, 5.74) is 0. The number of carboxylic acids is 2. The van der Waals surface area contributed by atoms with Crippen LogP contribution in [0.25, 0.3) is 0 Å². The summed E-state index contributed by atoms with van der Waals surface area (Å²) in [6.45, 7) is 4.57. The molecule has 0 heterocycles. The minimum absolute atomic E-state index is 0.0889. The summed E-state index contributed by atoms with van der Waals surface area (Å²) in [4.78, 5) is 33.4. The Bertz CT molecular complexity index is 451. The molecule has 170 valence electrons. The Morgan fingerprint density at radius 3 is 1.52 bits per heavy atom. The Balaban J connectivity index is 3.47. The molecule has 0 rings (SSSR count). The summed E-state index contributed by atoms with van der Waals surface area (Å²) < 4.78 is 0. The molecular formula is C23H43NO5. The van der Waals surface area contributed by atoms with Crippen LogP contribution in [0.4, 0.5) is 0 Å². The number of carbonyl (C=O) groups excluding carboxylic acids is 1. The van der Waals surface area contributed by atoms with Gasteiger partial charge in [-0.25, -0.2) is 4.79 Å². The van der Waals surface area contributed by atoms with Crippen LogP contribution in [0.2, 0.25) is 0 Å². The lowest BCUT2D eigenvalue weighted by atomic mass is 10.0. The highest BCUT2D eigenvalue weighted by atomic mass is 16.4. The second-order valence-electron chi connectivity index (χ2n) is 8.57. The van der Waals surface area contributed by atoms with Crippen molar-refractivity contribution in [1.82, 2.24) is 5.32 Å². The minimum Gasteiger partial charge on any atom is -0.481 e. The normalized spacial score (nSPS) is 12.1. The van der Waals surface area contributed by atoms with Crippen LogP contribution in [0.15, 0.2) is 0 Å². The summed E-state index contributed by atoms with van der Waals surface area (Å²) in [7, 11) is 0. The Morgan fingerprint density at radius 2 is 1.10 bits per heavy atom. The van der Waals surface area contributed by atoms with Crippen molar-refractivity contribution in [1.29, 1.82) is 0 Å². The number of carbonyl (C=O) groups is 3. The van der Waals surface area contributed by atoms with E-state index in [2.05, 4.69) is 19.2 Å². The number of aliphatic carboxylic acids is 2. The van der Waals surface area contributed by atoms with Crippen LogP contribution in [0.5, 0.6) is 0 Å². The van der Waals surface area contributed by atoms with Gasteiger partial charge in [0.05, 0.1) is 0 Å². The fourth-order valence-corrected chi connectivity index (χ4v) is 3.40. The third-order valence-corrected chi connectivity index (χ3v) is 5.22. The SMILES string of the molecule is CC(C)CCCCCCCCCCCCCCC(=O)N[C@@H](CCC(=O)O)C(=O)O. The monoisotopic (exact) mass is 413 g/mol. The molecular weight excluding hydrogens is 370 g/mol. The average Bonchev–Trinajstić information content (AvgIpc) is 2.64. The smallest absolute Gasteiger partial charge is 0.326 e. The first-order chi connectivity index (χ1) is 13.8. The molecule has 29 heavy (non-hydrogen) atoms. The van der Waals surface area contributed by atoms with Crippen LogP contribution in [-0.4, -0.2) is 34.1 Å². The molecule has 0 bridgehead atoms. The van der Waals surface area contributed by atoms with Crippen LogP contribution in [0, 0.1) is 5.92 Å². The van der Waals surface area contributed by atoms with Crippen LogP contribution < -0.4 is 5.32 Å². The number of unbranched alkanes of at least 4 members (excludes halogenated alkanes) is 11. The zero-order chi connectivity index (χ0) is 21.9. The summed E-state index contributed by atoms with van der Waals surface area (Å²) in [6.07, 6.45) is 16.0. The third-order valence-electron chi connectivity index (χ3n) is 5.22. The fourth-order valence-electron chi connectivity index (χ4n) is 3.40. The molecule has 0 aliphatic rings. The number of rotatable bonds is 20. The van der Waals surface area contributed by atoms with Crippen LogP contribution >= 0.6 is 0 Å². The molecule has 0 saturated carbocycles. The molecule has 0 aromatic heterocycles. The summed E-state index contributed by atoms with van der Waals surface area (Å²) >= 11 is 0. The lowest BCUT2D eigenvalue weighted by molar-refractivity contribution is -0.143. The first kappa shape index (κ1) is 27.4. The van der Waals surface area contributed by atoms with Gasteiger partial charge in [0.2, 0.25) is 5.91 Å². The van der Waals surface area contributed by atoms with Gasteiger partial charge < -0.3 is 15.5 Å². The molecule has 0 fully saturated rings. The fraction of sp³-hybridized carbons (Fsp3) is 0.870.